The first kappa shape index (κ1) is 16.4. The van der Waals surface area contributed by atoms with Crippen LogP contribution in [0.2, 0.25) is 0 Å². The van der Waals surface area contributed by atoms with Gasteiger partial charge in [-0.3, -0.25) is 9.69 Å². The van der Waals surface area contributed by atoms with Crippen LogP contribution in [0.25, 0.3) is 0 Å². The number of benzene rings is 1. The van der Waals surface area contributed by atoms with Crippen molar-refractivity contribution in [2.45, 2.75) is 44.9 Å². The second-order valence-corrected chi connectivity index (χ2v) is 6.68. The minimum Gasteiger partial charge on any atom is -0.370 e. The number of carbonyl (C=O) groups excluding carboxylic acids is 1. The summed E-state index contributed by atoms with van der Waals surface area (Å²) in [5.41, 5.74) is 0.830. The number of ether oxygens (including phenoxy) is 1. The van der Waals surface area contributed by atoms with Crippen molar-refractivity contribution in [2.24, 2.45) is 0 Å². The van der Waals surface area contributed by atoms with E-state index in [4.69, 9.17) is 4.74 Å². The average Bonchev–Trinajstić information content (AvgIpc) is 2.48. The van der Waals surface area contributed by atoms with Crippen LogP contribution in [0.4, 0.5) is 4.39 Å². The van der Waals surface area contributed by atoms with Crippen molar-refractivity contribution in [3.8, 4) is 0 Å². The summed E-state index contributed by atoms with van der Waals surface area (Å²) >= 11 is 0. The number of hydrogen-bond acceptors (Lipinski definition) is 3. The molecule has 0 saturated carbocycles. The van der Waals surface area contributed by atoms with Gasteiger partial charge in [0.15, 0.2) is 0 Å². The zero-order valence-electron chi connectivity index (χ0n) is 13.7. The van der Waals surface area contributed by atoms with Gasteiger partial charge in [-0.1, -0.05) is 18.6 Å². The summed E-state index contributed by atoms with van der Waals surface area (Å²) in [7, 11) is 0. The Morgan fingerprint density at radius 1 is 1.35 bits per heavy atom. The van der Waals surface area contributed by atoms with Gasteiger partial charge in [-0.25, -0.2) is 4.39 Å². The van der Waals surface area contributed by atoms with Gasteiger partial charge in [-0.05, 0) is 44.0 Å². The van der Waals surface area contributed by atoms with E-state index in [9.17, 15) is 9.18 Å². The van der Waals surface area contributed by atoms with E-state index in [1.165, 1.54) is 31.4 Å². The van der Waals surface area contributed by atoms with Crippen LogP contribution in [0.5, 0.6) is 0 Å². The van der Waals surface area contributed by atoms with Gasteiger partial charge in [0.25, 0.3) is 0 Å². The lowest BCUT2D eigenvalue weighted by molar-refractivity contribution is -0.147. The zero-order chi connectivity index (χ0) is 16.2. The number of halogens is 1. The van der Waals surface area contributed by atoms with Crippen LogP contribution in [0.15, 0.2) is 24.3 Å². The van der Waals surface area contributed by atoms with Crippen LogP contribution in [0.3, 0.4) is 0 Å². The van der Waals surface area contributed by atoms with E-state index in [1.807, 2.05) is 11.0 Å². The van der Waals surface area contributed by atoms with Crippen LogP contribution in [-0.4, -0.2) is 54.0 Å². The van der Waals surface area contributed by atoms with Gasteiger partial charge in [0.2, 0.25) is 5.91 Å². The first-order valence-electron chi connectivity index (χ1n) is 8.49. The molecule has 1 atom stereocenters. The fraction of sp³-hybridized carbons (Fsp3) is 0.611. The lowest BCUT2D eigenvalue weighted by atomic mass is 10.0. The van der Waals surface area contributed by atoms with E-state index in [2.05, 4.69) is 11.8 Å². The molecule has 2 heterocycles. The average molecular weight is 320 g/mol. The molecule has 0 radical (unpaired) electrons. The molecule has 4 nitrogen and oxygen atoms in total. The fourth-order valence-corrected chi connectivity index (χ4v) is 3.25. The van der Waals surface area contributed by atoms with Crippen LogP contribution < -0.4 is 0 Å². The summed E-state index contributed by atoms with van der Waals surface area (Å²) in [6.07, 6.45) is 3.72. The number of likely N-dealkylation sites (tertiary alicyclic amines) is 2. The Morgan fingerprint density at radius 3 is 2.91 bits per heavy atom. The lowest BCUT2D eigenvalue weighted by Crippen LogP contribution is -2.57. The summed E-state index contributed by atoms with van der Waals surface area (Å²) in [5, 5.41) is 0. The number of hydrogen-bond donors (Lipinski definition) is 0. The van der Waals surface area contributed by atoms with E-state index in [0.29, 0.717) is 32.3 Å². The van der Waals surface area contributed by atoms with Gasteiger partial charge in [0, 0.05) is 19.1 Å². The van der Waals surface area contributed by atoms with Gasteiger partial charge in [-0.15, -0.1) is 0 Å². The normalized spacial score (nSPS) is 22.9. The monoisotopic (exact) mass is 320 g/mol. The summed E-state index contributed by atoms with van der Waals surface area (Å²) in [6.45, 7) is 5.45. The van der Waals surface area contributed by atoms with Gasteiger partial charge >= 0.3 is 0 Å². The number of rotatable bonds is 5. The van der Waals surface area contributed by atoms with Crippen molar-refractivity contribution in [3.63, 3.8) is 0 Å². The Labute approximate surface area is 137 Å². The number of nitrogens with zero attached hydrogens (tertiary/aromatic N) is 2. The second kappa shape index (κ2) is 7.41. The van der Waals surface area contributed by atoms with E-state index < -0.39 is 0 Å². The summed E-state index contributed by atoms with van der Waals surface area (Å²) in [5.74, 6) is -0.0449. The molecule has 126 valence electrons. The molecule has 0 aliphatic carbocycles. The lowest BCUT2D eigenvalue weighted by Gasteiger charge is -2.41. The molecule has 23 heavy (non-hydrogen) atoms. The molecule has 1 aromatic carbocycles. The molecule has 2 aliphatic heterocycles. The maximum absolute atomic E-state index is 13.1. The Hall–Kier alpha value is -1.46. The molecule has 1 amide bonds. The molecule has 0 N–H and O–H groups in total. The highest BCUT2D eigenvalue weighted by atomic mass is 19.1. The van der Waals surface area contributed by atoms with Crippen LogP contribution in [0, 0.1) is 5.82 Å². The van der Waals surface area contributed by atoms with Gasteiger partial charge < -0.3 is 9.64 Å². The van der Waals surface area contributed by atoms with Crippen molar-refractivity contribution < 1.29 is 13.9 Å². The third-order valence-corrected chi connectivity index (χ3v) is 4.85. The Kier molecular flexibility index (Phi) is 5.28. The Balaban J connectivity index is 1.37. The predicted octanol–water partition coefficient (Wildman–Crippen LogP) is 2.43. The SMILES string of the molecule is C[C@H]1CCCCN1CC(=O)N1CC(OCc2cccc(F)c2)C1. The maximum Gasteiger partial charge on any atom is 0.236 e. The molecule has 0 spiro atoms. The summed E-state index contributed by atoms with van der Waals surface area (Å²) in [6, 6.07) is 6.95. The molecule has 2 aliphatic rings. The molecule has 5 heteroatoms. The second-order valence-electron chi connectivity index (χ2n) is 6.68. The molecule has 0 aromatic heterocycles. The highest BCUT2D eigenvalue weighted by molar-refractivity contribution is 5.79. The molecular formula is C18H25FN2O2. The van der Waals surface area contributed by atoms with Crippen molar-refractivity contribution >= 4 is 5.91 Å². The first-order chi connectivity index (χ1) is 11.1. The predicted molar refractivity (Wildman–Crippen MR) is 86.4 cm³/mol. The fourth-order valence-electron chi connectivity index (χ4n) is 3.25. The topological polar surface area (TPSA) is 32.8 Å². The largest absolute Gasteiger partial charge is 0.370 e. The highest BCUT2D eigenvalue weighted by Gasteiger charge is 2.32. The van der Waals surface area contributed by atoms with Crippen molar-refractivity contribution in [1.82, 2.24) is 9.80 Å². The molecule has 3 rings (SSSR count). The number of piperidine rings is 1. The van der Waals surface area contributed by atoms with Crippen molar-refractivity contribution in [2.75, 3.05) is 26.2 Å². The van der Waals surface area contributed by atoms with Gasteiger partial charge in [-0.2, -0.15) is 0 Å². The highest BCUT2D eigenvalue weighted by Crippen LogP contribution is 2.19. The van der Waals surface area contributed by atoms with E-state index in [-0.39, 0.29) is 17.8 Å². The summed E-state index contributed by atoms with van der Waals surface area (Å²) < 4.78 is 18.8. The third kappa shape index (κ3) is 4.30. The summed E-state index contributed by atoms with van der Waals surface area (Å²) in [4.78, 5) is 16.4. The quantitative estimate of drug-likeness (QED) is 0.835. The molecule has 2 saturated heterocycles. The smallest absolute Gasteiger partial charge is 0.236 e. The maximum atomic E-state index is 13.1. The van der Waals surface area contributed by atoms with Crippen molar-refractivity contribution in [1.29, 1.82) is 0 Å². The molecule has 2 fully saturated rings. The number of amides is 1. The first-order valence-corrected chi connectivity index (χ1v) is 8.49. The standard InChI is InChI=1S/C18H25FN2O2/c1-14-5-2-3-8-20(14)12-18(22)21-10-17(11-21)23-13-15-6-4-7-16(19)9-15/h4,6-7,9,14,17H,2-3,5,8,10-13H2,1H3/t14-/m0/s1. The Morgan fingerprint density at radius 2 is 2.17 bits per heavy atom. The van der Waals surface area contributed by atoms with Crippen molar-refractivity contribution in [3.05, 3.63) is 35.6 Å². The zero-order valence-corrected chi connectivity index (χ0v) is 13.7. The number of carbonyl (C=O) groups is 1. The van der Waals surface area contributed by atoms with E-state index >= 15 is 0 Å². The third-order valence-electron chi connectivity index (χ3n) is 4.85. The van der Waals surface area contributed by atoms with Crippen LogP contribution >= 0.6 is 0 Å². The van der Waals surface area contributed by atoms with Gasteiger partial charge in [0.1, 0.15) is 5.82 Å². The molecular weight excluding hydrogens is 295 g/mol. The van der Waals surface area contributed by atoms with E-state index in [0.717, 1.165) is 12.1 Å². The minimum absolute atomic E-state index is 0.0704. The molecule has 0 unspecified atom stereocenters. The molecule has 1 aromatic rings. The molecule has 0 bridgehead atoms. The minimum atomic E-state index is -0.243. The van der Waals surface area contributed by atoms with Crippen LogP contribution in [-0.2, 0) is 16.1 Å². The van der Waals surface area contributed by atoms with Gasteiger partial charge in [0.05, 0.1) is 19.3 Å². The van der Waals surface area contributed by atoms with Crippen LogP contribution in [0.1, 0.15) is 31.7 Å². The Bertz CT molecular complexity index is 546. The van der Waals surface area contributed by atoms with E-state index in [1.54, 1.807) is 6.07 Å².